The second-order valence-corrected chi connectivity index (χ2v) is 9.52. The number of benzene rings is 2. The average molecular weight is 424 g/mol. The van der Waals surface area contributed by atoms with Crippen LogP contribution in [0.4, 0.5) is 0 Å². The van der Waals surface area contributed by atoms with E-state index in [1.165, 1.54) is 30.5 Å². The van der Waals surface area contributed by atoms with Gasteiger partial charge in [-0.15, -0.1) is 0 Å². The normalized spacial score (nSPS) is 14.8. The van der Waals surface area contributed by atoms with E-state index in [1.807, 2.05) is 12.1 Å². The molecule has 5 nitrogen and oxygen atoms in total. The van der Waals surface area contributed by atoms with Gasteiger partial charge in [0.15, 0.2) is 9.84 Å². The Bertz CT molecular complexity index is 905. The maximum Gasteiger partial charge on any atom is 0.307 e. The van der Waals surface area contributed by atoms with E-state index in [9.17, 15) is 13.2 Å². The van der Waals surface area contributed by atoms with Crippen LogP contribution in [0.1, 0.15) is 35.4 Å². The molecule has 28 heavy (non-hydrogen) atoms. The predicted octanol–water partition coefficient (Wildman–Crippen LogP) is 3.83. The van der Waals surface area contributed by atoms with E-state index in [4.69, 9.17) is 16.7 Å². The van der Waals surface area contributed by atoms with Gasteiger partial charge in [0.25, 0.3) is 0 Å². The Balaban J connectivity index is 0.000000202. The van der Waals surface area contributed by atoms with Crippen molar-refractivity contribution in [1.29, 1.82) is 0 Å². The van der Waals surface area contributed by atoms with Gasteiger partial charge in [-0.25, -0.2) is 8.42 Å². The molecular formula is C21H26ClNO4S. The van der Waals surface area contributed by atoms with Crippen LogP contribution >= 0.6 is 11.6 Å². The van der Waals surface area contributed by atoms with Crippen molar-refractivity contribution in [1.82, 2.24) is 5.32 Å². The van der Waals surface area contributed by atoms with E-state index in [2.05, 4.69) is 17.4 Å². The number of aliphatic carboxylic acids is 1. The largest absolute Gasteiger partial charge is 0.481 e. The van der Waals surface area contributed by atoms with Crippen molar-refractivity contribution in [2.75, 3.05) is 19.3 Å². The molecule has 0 bridgehead atoms. The number of hydrogen-bond donors (Lipinski definition) is 2. The lowest BCUT2D eigenvalue weighted by Crippen LogP contribution is -2.26. The molecule has 0 aliphatic carbocycles. The van der Waals surface area contributed by atoms with E-state index < -0.39 is 15.8 Å². The molecule has 0 unspecified atom stereocenters. The number of aryl methyl sites for hydroxylation is 1. The topological polar surface area (TPSA) is 83.5 Å². The maximum absolute atomic E-state index is 11.3. The van der Waals surface area contributed by atoms with Crippen molar-refractivity contribution in [2.45, 2.75) is 37.0 Å². The molecule has 152 valence electrons. The zero-order valence-electron chi connectivity index (χ0n) is 16.1. The second kappa shape index (κ2) is 10.0. The van der Waals surface area contributed by atoms with Gasteiger partial charge in [-0.3, -0.25) is 4.79 Å². The Kier molecular flexibility index (Phi) is 8.04. The van der Waals surface area contributed by atoms with Crippen LogP contribution in [0.15, 0.2) is 47.4 Å². The third kappa shape index (κ3) is 7.26. The highest BCUT2D eigenvalue weighted by atomic mass is 35.5. The fourth-order valence-corrected chi connectivity index (χ4v) is 4.10. The quantitative estimate of drug-likeness (QED) is 0.780. The summed E-state index contributed by atoms with van der Waals surface area (Å²) < 4.78 is 22.6. The van der Waals surface area contributed by atoms with Gasteiger partial charge in [0.05, 0.1) is 11.3 Å². The van der Waals surface area contributed by atoms with Crippen LogP contribution in [0.5, 0.6) is 0 Å². The van der Waals surface area contributed by atoms with Crippen molar-refractivity contribution in [3.05, 3.63) is 64.2 Å². The lowest BCUT2D eigenvalue weighted by molar-refractivity contribution is -0.136. The number of carboxylic acid groups (broad SMARTS) is 1. The SMILES string of the molecule is Cc1cc(CC(=O)O)cc(S(C)(=O)=O)c1.Clc1ccc(C2CCNCC2)cc1. The maximum atomic E-state index is 11.3. The number of piperidine rings is 1. The predicted molar refractivity (Wildman–Crippen MR) is 112 cm³/mol. The summed E-state index contributed by atoms with van der Waals surface area (Å²) in [7, 11) is -3.28. The highest BCUT2D eigenvalue weighted by molar-refractivity contribution is 7.90. The summed E-state index contributed by atoms with van der Waals surface area (Å²) in [6.07, 6.45) is 3.44. The Morgan fingerprint density at radius 1 is 1.14 bits per heavy atom. The monoisotopic (exact) mass is 423 g/mol. The average Bonchev–Trinajstić information content (AvgIpc) is 2.62. The molecule has 7 heteroatoms. The first-order valence-electron chi connectivity index (χ1n) is 9.14. The molecule has 1 aliphatic heterocycles. The van der Waals surface area contributed by atoms with Crippen LogP contribution in [0, 0.1) is 6.92 Å². The number of carboxylic acids is 1. The van der Waals surface area contributed by atoms with Gasteiger partial charge < -0.3 is 10.4 Å². The number of halogens is 1. The van der Waals surface area contributed by atoms with E-state index in [1.54, 1.807) is 13.0 Å². The first-order chi connectivity index (χ1) is 13.1. The fraction of sp³-hybridized carbons (Fsp3) is 0.381. The second-order valence-electron chi connectivity index (χ2n) is 7.07. The van der Waals surface area contributed by atoms with E-state index in [0.29, 0.717) is 5.56 Å². The summed E-state index contributed by atoms with van der Waals surface area (Å²) in [4.78, 5) is 10.7. The standard InChI is InChI=1S/C11H14ClN.C10H12O4S/c12-11-3-1-9(2-4-11)10-5-7-13-8-6-10;1-7-3-8(6-10(11)12)5-9(4-7)15(2,13)14/h1-4,10,13H,5-8H2;3-5H,6H2,1-2H3,(H,11,12). The van der Waals surface area contributed by atoms with Crippen LogP contribution in [0.3, 0.4) is 0 Å². The van der Waals surface area contributed by atoms with E-state index in [-0.39, 0.29) is 11.3 Å². The van der Waals surface area contributed by atoms with Crippen molar-refractivity contribution >= 4 is 27.4 Å². The van der Waals surface area contributed by atoms with Gasteiger partial charge in [-0.2, -0.15) is 0 Å². The smallest absolute Gasteiger partial charge is 0.307 e. The number of nitrogens with one attached hydrogen (secondary N) is 1. The summed E-state index contributed by atoms with van der Waals surface area (Å²) in [5, 5.41) is 12.8. The molecule has 0 spiro atoms. The minimum atomic E-state index is -3.28. The van der Waals surface area contributed by atoms with Gasteiger partial charge in [-0.05, 0) is 79.7 Å². The lowest BCUT2D eigenvalue weighted by Gasteiger charge is -2.22. The van der Waals surface area contributed by atoms with E-state index in [0.717, 1.165) is 35.8 Å². The molecule has 2 aromatic carbocycles. The van der Waals surface area contributed by atoms with Crippen molar-refractivity contribution < 1.29 is 18.3 Å². The van der Waals surface area contributed by atoms with Gasteiger partial charge >= 0.3 is 5.97 Å². The zero-order chi connectivity index (χ0) is 20.7. The first kappa shape index (κ1) is 22.4. The highest BCUT2D eigenvalue weighted by Gasteiger charge is 2.14. The Morgan fingerprint density at radius 3 is 2.29 bits per heavy atom. The molecule has 3 rings (SSSR count). The zero-order valence-corrected chi connectivity index (χ0v) is 17.7. The molecule has 2 aromatic rings. The summed E-state index contributed by atoms with van der Waals surface area (Å²) in [6, 6.07) is 12.9. The van der Waals surface area contributed by atoms with Crippen LogP contribution in [-0.2, 0) is 21.1 Å². The highest BCUT2D eigenvalue weighted by Crippen LogP contribution is 2.25. The summed E-state index contributed by atoms with van der Waals surface area (Å²) in [5.74, 6) is -0.237. The molecule has 1 fully saturated rings. The molecule has 0 amide bonds. The molecule has 0 saturated carbocycles. The number of sulfone groups is 1. The van der Waals surface area contributed by atoms with Crippen LogP contribution < -0.4 is 5.32 Å². The van der Waals surface area contributed by atoms with Gasteiger partial charge in [-0.1, -0.05) is 29.8 Å². The lowest BCUT2D eigenvalue weighted by atomic mass is 9.90. The van der Waals surface area contributed by atoms with Crippen molar-refractivity contribution in [3.8, 4) is 0 Å². The Morgan fingerprint density at radius 2 is 1.75 bits per heavy atom. The minimum Gasteiger partial charge on any atom is -0.481 e. The van der Waals surface area contributed by atoms with Gasteiger partial charge in [0, 0.05) is 11.3 Å². The van der Waals surface area contributed by atoms with E-state index >= 15 is 0 Å². The first-order valence-corrected chi connectivity index (χ1v) is 11.4. The summed E-state index contributed by atoms with van der Waals surface area (Å²) >= 11 is 5.84. The molecular weight excluding hydrogens is 398 g/mol. The minimum absolute atomic E-state index is 0.163. The Labute approximate surface area is 171 Å². The number of rotatable bonds is 4. The molecule has 0 radical (unpaired) electrons. The third-order valence-corrected chi connectivity index (χ3v) is 5.92. The summed E-state index contributed by atoms with van der Waals surface area (Å²) in [6.45, 7) is 4.03. The van der Waals surface area contributed by atoms with Crippen LogP contribution in [-0.4, -0.2) is 38.8 Å². The number of carbonyl (C=O) groups is 1. The molecule has 1 aliphatic rings. The molecule has 0 aromatic heterocycles. The molecule has 0 atom stereocenters. The van der Waals surface area contributed by atoms with Crippen molar-refractivity contribution in [2.24, 2.45) is 0 Å². The molecule has 1 heterocycles. The van der Waals surface area contributed by atoms with Crippen molar-refractivity contribution in [3.63, 3.8) is 0 Å². The van der Waals surface area contributed by atoms with Crippen LogP contribution in [0.25, 0.3) is 0 Å². The third-order valence-electron chi connectivity index (χ3n) is 4.57. The number of hydrogen-bond acceptors (Lipinski definition) is 4. The van der Waals surface area contributed by atoms with Gasteiger partial charge in [0.2, 0.25) is 0 Å². The van der Waals surface area contributed by atoms with Gasteiger partial charge in [0.1, 0.15) is 0 Å². The van der Waals surface area contributed by atoms with Crippen LogP contribution in [0.2, 0.25) is 5.02 Å². The molecule has 2 N–H and O–H groups in total. The summed E-state index contributed by atoms with van der Waals surface area (Å²) in [5.41, 5.74) is 2.68. The Hall–Kier alpha value is -1.89. The molecule has 1 saturated heterocycles. The fourth-order valence-electron chi connectivity index (χ4n) is 3.21.